The summed E-state index contributed by atoms with van der Waals surface area (Å²) in [4.78, 5) is 32.5. The molecule has 2 N–H and O–H groups in total. The lowest BCUT2D eigenvalue weighted by Gasteiger charge is -2.31. The van der Waals surface area contributed by atoms with E-state index in [9.17, 15) is 9.59 Å². The average molecular weight is 275 g/mol. The zero-order chi connectivity index (χ0) is 13.9. The number of hydrogen-bond donors (Lipinski definition) is 2. The first-order valence-electron chi connectivity index (χ1n) is 6.88. The molecule has 2 aliphatic heterocycles. The molecular weight excluding hydrogens is 258 g/mol. The smallest absolute Gasteiger partial charge is 0.270 e. The third-order valence-electron chi connectivity index (χ3n) is 3.84. The number of rotatable bonds is 2. The number of H-pyrrole nitrogens is 1. The number of nitrogens with zero attached hydrogens (tertiary/aromatic N) is 3. The summed E-state index contributed by atoms with van der Waals surface area (Å²) in [6, 6.07) is 0. The SMILES string of the molecule is O=C1CCC(C(=O)N2CCC(c3ncc[nH]3)CC2)=NN1. The van der Waals surface area contributed by atoms with Crippen LogP contribution in [-0.4, -0.2) is 45.5 Å². The predicted molar refractivity (Wildman–Crippen MR) is 72.0 cm³/mol. The minimum absolute atomic E-state index is 0.0529. The lowest BCUT2D eigenvalue weighted by molar-refractivity contribution is -0.125. The van der Waals surface area contributed by atoms with Crippen molar-refractivity contribution in [1.29, 1.82) is 0 Å². The number of imidazole rings is 1. The second-order valence-corrected chi connectivity index (χ2v) is 5.13. The van der Waals surface area contributed by atoms with Crippen LogP contribution in [0.15, 0.2) is 17.5 Å². The van der Waals surface area contributed by atoms with Gasteiger partial charge in [0, 0.05) is 44.2 Å². The molecule has 0 saturated carbocycles. The third-order valence-corrected chi connectivity index (χ3v) is 3.84. The number of hydrazone groups is 1. The van der Waals surface area contributed by atoms with Gasteiger partial charge < -0.3 is 9.88 Å². The maximum Gasteiger partial charge on any atom is 0.270 e. The van der Waals surface area contributed by atoms with E-state index in [0.29, 0.717) is 37.6 Å². The predicted octanol–water partition coefficient (Wildman–Crippen LogP) is 0.382. The molecule has 0 aromatic carbocycles. The van der Waals surface area contributed by atoms with Gasteiger partial charge in [-0.15, -0.1) is 0 Å². The number of carbonyl (C=O) groups excluding carboxylic acids is 2. The molecule has 7 heteroatoms. The van der Waals surface area contributed by atoms with Gasteiger partial charge in [-0.3, -0.25) is 9.59 Å². The van der Waals surface area contributed by atoms with Gasteiger partial charge in [0.1, 0.15) is 11.5 Å². The van der Waals surface area contributed by atoms with Gasteiger partial charge >= 0.3 is 0 Å². The molecule has 3 heterocycles. The molecule has 1 saturated heterocycles. The molecule has 2 amide bonds. The molecule has 0 atom stereocenters. The van der Waals surface area contributed by atoms with E-state index in [1.165, 1.54) is 0 Å². The van der Waals surface area contributed by atoms with Gasteiger partial charge in [0.15, 0.2) is 0 Å². The Balaban J connectivity index is 1.58. The molecule has 0 radical (unpaired) electrons. The fourth-order valence-electron chi connectivity index (χ4n) is 2.67. The van der Waals surface area contributed by atoms with Crippen molar-refractivity contribution in [2.24, 2.45) is 5.10 Å². The van der Waals surface area contributed by atoms with Gasteiger partial charge in [-0.1, -0.05) is 0 Å². The summed E-state index contributed by atoms with van der Waals surface area (Å²) in [5.74, 6) is 1.21. The molecule has 3 rings (SSSR count). The molecule has 7 nitrogen and oxygen atoms in total. The molecule has 106 valence electrons. The highest BCUT2D eigenvalue weighted by Crippen LogP contribution is 2.25. The van der Waals surface area contributed by atoms with Crippen molar-refractivity contribution < 1.29 is 9.59 Å². The van der Waals surface area contributed by atoms with Crippen LogP contribution in [0.2, 0.25) is 0 Å². The molecule has 1 fully saturated rings. The molecule has 0 spiro atoms. The summed E-state index contributed by atoms with van der Waals surface area (Å²) in [5, 5.41) is 3.86. The van der Waals surface area contributed by atoms with Gasteiger partial charge in [-0.05, 0) is 12.8 Å². The average Bonchev–Trinajstić information content (AvgIpc) is 3.02. The zero-order valence-electron chi connectivity index (χ0n) is 11.1. The number of carbonyl (C=O) groups is 2. The molecule has 0 unspecified atom stereocenters. The first-order chi connectivity index (χ1) is 9.74. The summed E-state index contributed by atoms with van der Waals surface area (Å²) >= 11 is 0. The van der Waals surface area contributed by atoms with E-state index in [2.05, 4.69) is 20.5 Å². The normalized spacial score (nSPS) is 20.5. The van der Waals surface area contributed by atoms with Crippen LogP contribution in [0.1, 0.15) is 37.4 Å². The lowest BCUT2D eigenvalue weighted by atomic mass is 9.95. The van der Waals surface area contributed by atoms with E-state index in [-0.39, 0.29) is 11.8 Å². The van der Waals surface area contributed by atoms with Crippen molar-refractivity contribution in [3.63, 3.8) is 0 Å². The lowest BCUT2D eigenvalue weighted by Crippen LogP contribution is -2.43. The first kappa shape index (κ1) is 12.8. The summed E-state index contributed by atoms with van der Waals surface area (Å²) in [6.07, 6.45) is 6.16. The number of likely N-dealkylation sites (tertiary alicyclic amines) is 1. The summed E-state index contributed by atoms with van der Waals surface area (Å²) < 4.78 is 0. The van der Waals surface area contributed by atoms with Crippen LogP contribution in [0.4, 0.5) is 0 Å². The number of aromatic nitrogens is 2. The van der Waals surface area contributed by atoms with Crippen LogP contribution in [0.5, 0.6) is 0 Å². The molecular formula is C13H17N5O2. The Kier molecular flexibility index (Phi) is 3.49. The van der Waals surface area contributed by atoms with E-state index in [1.807, 2.05) is 11.1 Å². The van der Waals surface area contributed by atoms with Gasteiger partial charge in [0.25, 0.3) is 5.91 Å². The van der Waals surface area contributed by atoms with Crippen LogP contribution in [0.3, 0.4) is 0 Å². The van der Waals surface area contributed by atoms with E-state index in [1.54, 1.807) is 6.20 Å². The second kappa shape index (κ2) is 5.44. The van der Waals surface area contributed by atoms with E-state index < -0.39 is 0 Å². The fraction of sp³-hybridized carbons (Fsp3) is 0.538. The van der Waals surface area contributed by atoms with Crippen molar-refractivity contribution in [3.05, 3.63) is 18.2 Å². The number of nitrogens with one attached hydrogen (secondary N) is 2. The number of hydrogen-bond acceptors (Lipinski definition) is 4. The Hall–Kier alpha value is -2.18. The molecule has 0 aliphatic carbocycles. The fourth-order valence-corrected chi connectivity index (χ4v) is 2.67. The molecule has 2 aliphatic rings. The number of piperidine rings is 1. The van der Waals surface area contributed by atoms with Gasteiger partial charge in [-0.25, -0.2) is 10.4 Å². The maximum atomic E-state index is 12.3. The molecule has 1 aromatic rings. The highest BCUT2D eigenvalue weighted by molar-refractivity contribution is 6.39. The summed E-state index contributed by atoms with van der Waals surface area (Å²) in [6.45, 7) is 1.41. The van der Waals surface area contributed by atoms with Crippen LogP contribution in [0.25, 0.3) is 0 Å². The summed E-state index contributed by atoms with van der Waals surface area (Å²) in [5.41, 5.74) is 2.83. The van der Waals surface area contributed by atoms with Crippen molar-refractivity contribution in [2.75, 3.05) is 13.1 Å². The van der Waals surface area contributed by atoms with Crippen LogP contribution < -0.4 is 5.43 Å². The maximum absolute atomic E-state index is 12.3. The van der Waals surface area contributed by atoms with Gasteiger partial charge in [0.2, 0.25) is 5.91 Å². The van der Waals surface area contributed by atoms with Crippen LogP contribution in [-0.2, 0) is 9.59 Å². The Morgan fingerprint density at radius 2 is 2.10 bits per heavy atom. The standard InChI is InChI=1S/C13H17N5O2/c19-11-2-1-10(16-17-11)13(20)18-7-3-9(4-8-18)12-14-5-6-15-12/h5-6,9H,1-4,7-8H2,(H,14,15)(H,17,19). The topological polar surface area (TPSA) is 90.5 Å². The van der Waals surface area contributed by atoms with Gasteiger partial charge in [-0.2, -0.15) is 5.10 Å². The van der Waals surface area contributed by atoms with Crippen LogP contribution in [0, 0.1) is 0 Å². The summed E-state index contributed by atoms with van der Waals surface area (Å²) in [7, 11) is 0. The monoisotopic (exact) mass is 275 g/mol. The Morgan fingerprint density at radius 1 is 1.30 bits per heavy atom. The second-order valence-electron chi connectivity index (χ2n) is 5.13. The molecule has 20 heavy (non-hydrogen) atoms. The largest absolute Gasteiger partial charge is 0.348 e. The van der Waals surface area contributed by atoms with Crippen molar-refractivity contribution in [3.8, 4) is 0 Å². The van der Waals surface area contributed by atoms with Gasteiger partial charge in [0.05, 0.1) is 0 Å². The van der Waals surface area contributed by atoms with Crippen molar-refractivity contribution >= 4 is 17.5 Å². The van der Waals surface area contributed by atoms with Crippen molar-refractivity contribution in [2.45, 2.75) is 31.6 Å². The first-order valence-corrected chi connectivity index (χ1v) is 6.88. The zero-order valence-corrected chi connectivity index (χ0v) is 11.1. The van der Waals surface area contributed by atoms with Crippen LogP contribution >= 0.6 is 0 Å². The molecule has 0 bridgehead atoms. The Bertz CT molecular complexity index is 529. The quantitative estimate of drug-likeness (QED) is 0.817. The minimum Gasteiger partial charge on any atom is -0.348 e. The molecule has 1 aromatic heterocycles. The number of aromatic amines is 1. The van der Waals surface area contributed by atoms with E-state index in [4.69, 9.17) is 0 Å². The van der Waals surface area contributed by atoms with Crippen molar-refractivity contribution in [1.82, 2.24) is 20.3 Å². The highest BCUT2D eigenvalue weighted by atomic mass is 16.2. The van der Waals surface area contributed by atoms with E-state index >= 15 is 0 Å². The van der Waals surface area contributed by atoms with E-state index in [0.717, 1.165) is 18.7 Å². The highest BCUT2D eigenvalue weighted by Gasteiger charge is 2.28. The minimum atomic E-state index is -0.127. The Morgan fingerprint density at radius 3 is 2.70 bits per heavy atom. The third kappa shape index (κ3) is 2.56. The Labute approximate surface area is 116 Å². The number of amides is 2.